The fourth-order valence-electron chi connectivity index (χ4n) is 2.82. The summed E-state index contributed by atoms with van der Waals surface area (Å²) in [6.45, 7) is 1.90. The summed E-state index contributed by atoms with van der Waals surface area (Å²) in [6, 6.07) is 18.2. The van der Waals surface area contributed by atoms with Crippen LogP contribution in [0.3, 0.4) is 0 Å². The average molecular weight is 469 g/mol. The summed E-state index contributed by atoms with van der Waals surface area (Å²) in [5.41, 5.74) is 2.73. The Morgan fingerprint density at radius 1 is 1.13 bits per heavy atom. The first-order valence-electron chi connectivity index (χ1n) is 9.31. The minimum absolute atomic E-state index is 0.103. The standard InChI is InChI=1S/C22H17ClN4O2S2/c1-13-20(31-21(24-13)14-5-3-2-4-6-14)17-11-18(28)27-22(26-17)30-12-19(29)25-16-9-7-15(23)8-10-16/h2-11H,12H2,1H3,(H,25,29)(H,26,27,28). The molecule has 2 aromatic heterocycles. The fraction of sp³-hybridized carbons (Fsp3) is 0.0909. The minimum Gasteiger partial charge on any atom is -0.325 e. The number of amides is 1. The van der Waals surface area contributed by atoms with Crippen molar-refractivity contribution < 1.29 is 4.79 Å². The topological polar surface area (TPSA) is 87.7 Å². The molecule has 0 saturated heterocycles. The maximum Gasteiger partial charge on any atom is 0.252 e. The van der Waals surface area contributed by atoms with Gasteiger partial charge in [-0.1, -0.05) is 53.7 Å². The quantitative estimate of drug-likeness (QED) is 0.298. The van der Waals surface area contributed by atoms with Gasteiger partial charge in [0.15, 0.2) is 5.16 Å². The molecule has 6 nitrogen and oxygen atoms in total. The summed E-state index contributed by atoms with van der Waals surface area (Å²) in [5, 5.41) is 4.63. The molecule has 4 rings (SSSR count). The number of anilines is 1. The van der Waals surface area contributed by atoms with Crippen LogP contribution in [0.5, 0.6) is 0 Å². The number of aromatic amines is 1. The van der Waals surface area contributed by atoms with E-state index in [2.05, 4.69) is 20.3 Å². The van der Waals surface area contributed by atoms with Gasteiger partial charge in [0.2, 0.25) is 5.91 Å². The van der Waals surface area contributed by atoms with Crippen LogP contribution in [0.15, 0.2) is 70.6 Å². The van der Waals surface area contributed by atoms with Crippen molar-refractivity contribution in [2.45, 2.75) is 12.1 Å². The molecule has 2 aromatic carbocycles. The second kappa shape index (κ2) is 9.47. The zero-order valence-corrected chi connectivity index (χ0v) is 18.8. The second-order valence-electron chi connectivity index (χ2n) is 6.58. The van der Waals surface area contributed by atoms with Gasteiger partial charge in [-0.25, -0.2) is 9.97 Å². The number of thioether (sulfide) groups is 1. The molecular formula is C22H17ClN4O2S2. The Morgan fingerprint density at radius 3 is 2.61 bits per heavy atom. The molecule has 31 heavy (non-hydrogen) atoms. The highest BCUT2D eigenvalue weighted by Crippen LogP contribution is 2.34. The third-order valence-electron chi connectivity index (χ3n) is 4.24. The number of hydrogen-bond acceptors (Lipinski definition) is 6. The summed E-state index contributed by atoms with van der Waals surface area (Å²) in [6.07, 6.45) is 0. The molecule has 4 aromatic rings. The van der Waals surface area contributed by atoms with E-state index in [0.29, 0.717) is 21.6 Å². The Labute approximate surface area is 191 Å². The predicted molar refractivity (Wildman–Crippen MR) is 127 cm³/mol. The van der Waals surface area contributed by atoms with Crippen LogP contribution >= 0.6 is 34.7 Å². The molecule has 0 atom stereocenters. The number of H-pyrrole nitrogens is 1. The number of carbonyl (C=O) groups excluding carboxylic acids is 1. The van der Waals surface area contributed by atoms with E-state index in [9.17, 15) is 9.59 Å². The molecule has 2 N–H and O–H groups in total. The number of halogens is 1. The van der Waals surface area contributed by atoms with Crippen molar-refractivity contribution in [2.24, 2.45) is 0 Å². The largest absolute Gasteiger partial charge is 0.325 e. The molecule has 9 heteroatoms. The molecule has 1 amide bonds. The normalized spacial score (nSPS) is 10.8. The Kier molecular flexibility index (Phi) is 6.50. The van der Waals surface area contributed by atoms with E-state index in [1.807, 2.05) is 37.3 Å². The van der Waals surface area contributed by atoms with Crippen LogP contribution in [0.25, 0.3) is 21.1 Å². The maximum absolute atomic E-state index is 12.2. The number of aryl methyl sites for hydroxylation is 1. The first kappa shape index (κ1) is 21.3. The van der Waals surface area contributed by atoms with Gasteiger partial charge in [-0.2, -0.15) is 0 Å². The lowest BCUT2D eigenvalue weighted by atomic mass is 10.2. The lowest BCUT2D eigenvalue weighted by molar-refractivity contribution is -0.113. The lowest BCUT2D eigenvalue weighted by Crippen LogP contribution is -2.15. The smallest absolute Gasteiger partial charge is 0.252 e. The molecular weight excluding hydrogens is 452 g/mol. The van der Waals surface area contributed by atoms with Crippen LogP contribution in [-0.2, 0) is 4.79 Å². The van der Waals surface area contributed by atoms with Crippen LogP contribution in [0.4, 0.5) is 5.69 Å². The Hall–Kier alpha value is -2.94. The average Bonchev–Trinajstić information content (AvgIpc) is 3.16. The summed E-state index contributed by atoms with van der Waals surface area (Å²) in [4.78, 5) is 37.1. The van der Waals surface area contributed by atoms with Crippen molar-refractivity contribution >= 4 is 46.3 Å². The Bertz CT molecular complexity index is 1270. The fourth-order valence-corrected chi connectivity index (χ4v) is 4.66. The molecule has 2 heterocycles. The third kappa shape index (κ3) is 5.41. The third-order valence-corrected chi connectivity index (χ3v) is 6.59. The van der Waals surface area contributed by atoms with Gasteiger partial charge < -0.3 is 10.3 Å². The van der Waals surface area contributed by atoms with Gasteiger partial charge >= 0.3 is 0 Å². The van der Waals surface area contributed by atoms with Crippen LogP contribution in [0, 0.1) is 6.92 Å². The molecule has 0 fully saturated rings. The van der Waals surface area contributed by atoms with E-state index in [1.165, 1.54) is 17.4 Å². The molecule has 0 spiro atoms. The lowest BCUT2D eigenvalue weighted by Gasteiger charge is -2.06. The Balaban J connectivity index is 1.50. The number of benzene rings is 2. The highest BCUT2D eigenvalue weighted by atomic mass is 35.5. The molecule has 0 unspecified atom stereocenters. The zero-order valence-electron chi connectivity index (χ0n) is 16.4. The molecule has 0 aliphatic heterocycles. The Morgan fingerprint density at radius 2 is 1.87 bits per heavy atom. The van der Waals surface area contributed by atoms with Gasteiger partial charge in [-0.3, -0.25) is 9.59 Å². The van der Waals surface area contributed by atoms with Gasteiger partial charge in [-0.15, -0.1) is 11.3 Å². The van der Waals surface area contributed by atoms with E-state index in [0.717, 1.165) is 32.9 Å². The number of aromatic nitrogens is 3. The van der Waals surface area contributed by atoms with Gasteiger partial charge in [0.05, 0.1) is 22.0 Å². The van der Waals surface area contributed by atoms with Gasteiger partial charge in [0.25, 0.3) is 5.56 Å². The summed E-state index contributed by atoms with van der Waals surface area (Å²) in [5.74, 6) is -0.105. The van der Waals surface area contributed by atoms with Crippen molar-refractivity contribution in [3.63, 3.8) is 0 Å². The summed E-state index contributed by atoms with van der Waals surface area (Å²) in [7, 11) is 0. The van der Waals surface area contributed by atoms with Crippen molar-refractivity contribution in [2.75, 3.05) is 11.1 Å². The van der Waals surface area contributed by atoms with Crippen LogP contribution < -0.4 is 10.9 Å². The molecule has 0 aliphatic rings. The zero-order chi connectivity index (χ0) is 21.8. The predicted octanol–water partition coefficient (Wildman–Crippen LogP) is 5.25. The van der Waals surface area contributed by atoms with Crippen LogP contribution in [-0.4, -0.2) is 26.6 Å². The van der Waals surface area contributed by atoms with Crippen molar-refractivity contribution in [3.8, 4) is 21.1 Å². The highest BCUT2D eigenvalue weighted by molar-refractivity contribution is 7.99. The van der Waals surface area contributed by atoms with E-state index in [1.54, 1.807) is 24.3 Å². The number of rotatable bonds is 6. The van der Waals surface area contributed by atoms with E-state index < -0.39 is 0 Å². The molecule has 0 bridgehead atoms. The number of hydrogen-bond donors (Lipinski definition) is 2. The molecule has 156 valence electrons. The minimum atomic E-state index is -0.278. The first-order valence-corrected chi connectivity index (χ1v) is 11.5. The number of nitrogens with one attached hydrogen (secondary N) is 2. The summed E-state index contributed by atoms with van der Waals surface area (Å²) < 4.78 is 0. The van der Waals surface area contributed by atoms with Crippen LogP contribution in [0.2, 0.25) is 5.02 Å². The number of thiazole rings is 1. The molecule has 0 saturated carbocycles. The monoisotopic (exact) mass is 468 g/mol. The van der Waals surface area contributed by atoms with Crippen molar-refractivity contribution in [1.29, 1.82) is 0 Å². The van der Waals surface area contributed by atoms with Gasteiger partial charge in [0.1, 0.15) is 5.01 Å². The maximum atomic E-state index is 12.2. The second-order valence-corrected chi connectivity index (χ2v) is 8.98. The number of nitrogens with zero attached hydrogens (tertiary/aromatic N) is 2. The SMILES string of the molecule is Cc1nc(-c2ccccc2)sc1-c1cc(=O)[nH]c(SCC(=O)Nc2ccc(Cl)cc2)n1. The highest BCUT2D eigenvalue weighted by Gasteiger charge is 2.15. The van der Waals surface area contributed by atoms with Gasteiger partial charge in [-0.05, 0) is 31.2 Å². The molecule has 0 aliphatic carbocycles. The summed E-state index contributed by atoms with van der Waals surface area (Å²) >= 11 is 8.50. The van der Waals surface area contributed by atoms with Crippen molar-refractivity contribution in [3.05, 3.63) is 81.7 Å². The van der Waals surface area contributed by atoms with Crippen molar-refractivity contribution in [1.82, 2.24) is 15.0 Å². The van der Waals surface area contributed by atoms with Crippen LogP contribution in [0.1, 0.15) is 5.69 Å². The molecule has 0 radical (unpaired) electrons. The first-order chi connectivity index (χ1) is 15.0. The van der Waals surface area contributed by atoms with E-state index in [4.69, 9.17) is 11.6 Å². The van der Waals surface area contributed by atoms with E-state index in [-0.39, 0.29) is 17.2 Å². The number of carbonyl (C=O) groups is 1. The van der Waals surface area contributed by atoms with Gasteiger partial charge in [0, 0.05) is 22.3 Å². The van der Waals surface area contributed by atoms with E-state index >= 15 is 0 Å².